The average Bonchev–Trinajstić information content (AvgIpc) is 2.51. The molecule has 1 heterocycles. The minimum Gasteiger partial charge on any atom is -0.384 e. The van der Waals surface area contributed by atoms with Gasteiger partial charge in [-0.1, -0.05) is 18.2 Å². The van der Waals surface area contributed by atoms with E-state index in [1.807, 2.05) is 6.07 Å². The molecule has 21 heavy (non-hydrogen) atoms. The fourth-order valence-corrected chi connectivity index (χ4v) is 2.29. The van der Waals surface area contributed by atoms with Crippen molar-refractivity contribution in [2.24, 2.45) is 0 Å². The molecule has 3 rings (SSSR count). The standard InChI is InChI=1S/C16H10F3NO/c17-13-6-10(7-14(18)15(13)19)16(21)11-3-1-2-9-4-5-20-8-12(9)11/h1-8,16,21H. The molecule has 0 amide bonds. The Labute approximate surface area is 118 Å². The van der Waals surface area contributed by atoms with Crippen molar-refractivity contribution in [3.8, 4) is 0 Å². The van der Waals surface area contributed by atoms with Crippen molar-refractivity contribution >= 4 is 10.8 Å². The van der Waals surface area contributed by atoms with Gasteiger partial charge in [-0.3, -0.25) is 4.98 Å². The first-order valence-electron chi connectivity index (χ1n) is 6.23. The normalized spacial score (nSPS) is 12.6. The Morgan fingerprint density at radius 3 is 2.43 bits per heavy atom. The molecule has 0 aliphatic rings. The quantitative estimate of drug-likeness (QED) is 0.729. The molecular weight excluding hydrogens is 279 g/mol. The van der Waals surface area contributed by atoms with Gasteiger partial charge < -0.3 is 5.11 Å². The summed E-state index contributed by atoms with van der Waals surface area (Å²) in [5.74, 6) is -4.21. The summed E-state index contributed by atoms with van der Waals surface area (Å²) in [6.07, 6.45) is 1.89. The van der Waals surface area contributed by atoms with E-state index in [9.17, 15) is 18.3 Å². The van der Waals surface area contributed by atoms with E-state index < -0.39 is 23.6 Å². The van der Waals surface area contributed by atoms with Crippen LogP contribution in [-0.2, 0) is 0 Å². The molecule has 0 spiro atoms. The maximum absolute atomic E-state index is 13.3. The largest absolute Gasteiger partial charge is 0.384 e. The van der Waals surface area contributed by atoms with Gasteiger partial charge in [0.15, 0.2) is 17.5 Å². The first-order valence-corrected chi connectivity index (χ1v) is 6.23. The van der Waals surface area contributed by atoms with E-state index >= 15 is 0 Å². The van der Waals surface area contributed by atoms with Crippen LogP contribution in [0, 0.1) is 17.5 Å². The SMILES string of the molecule is OC(c1cc(F)c(F)c(F)c1)c1cccc2ccncc12. The summed E-state index contributed by atoms with van der Waals surface area (Å²) in [5.41, 5.74) is 0.397. The number of hydrogen-bond acceptors (Lipinski definition) is 2. The van der Waals surface area contributed by atoms with E-state index in [2.05, 4.69) is 4.98 Å². The second-order valence-electron chi connectivity index (χ2n) is 4.65. The molecule has 1 atom stereocenters. The van der Waals surface area contributed by atoms with Crippen molar-refractivity contribution in [2.45, 2.75) is 6.10 Å². The maximum atomic E-state index is 13.3. The molecule has 0 aliphatic carbocycles. The number of fused-ring (bicyclic) bond motifs is 1. The number of aliphatic hydroxyl groups excluding tert-OH is 1. The second kappa shape index (κ2) is 5.18. The van der Waals surface area contributed by atoms with E-state index in [0.717, 1.165) is 17.5 Å². The number of pyridine rings is 1. The van der Waals surface area contributed by atoms with Gasteiger partial charge in [-0.2, -0.15) is 0 Å². The molecule has 0 saturated carbocycles. The fraction of sp³-hybridized carbons (Fsp3) is 0.0625. The Balaban J connectivity index is 2.15. The van der Waals surface area contributed by atoms with Gasteiger partial charge in [0.25, 0.3) is 0 Å². The minimum absolute atomic E-state index is 0.0530. The Morgan fingerprint density at radius 2 is 1.71 bits per heavy atom. The van der Waals surface area contributed by atoms with E-state index in [0.29, 0.717) is 10.9 Å². The predicted octanol–water partition coefficient (Wildman–Crippen LogP) is 3.73. The van der Waals surface area contributed by atoms with Crippen LogP contribution < -0.4 is 0 Å². The summed E-state index contributed by atoms with van der Waals surface area (Å²) in [4.78, 5) is 3.98. The summed E-state index contributed by atoms with van der Waals surface area (Å²) in [7, 11) is 0. The highest BCUT2D eigenvalue weighted by Crippen LogP contribution is 2.29. The third kappa shape index (κ3) is 2.36. The van der Waals surface area contributed by atoms with Gasteiger partial charge in [0.1, 0.15) is 6.10 Å². The van der Waals surface area contributed by atoms with Crippen molar-refractivity contribution in [3.63, 3.8) is 0 Å². The third-order valence-corrected chi connectivity index (χ3v) is 3.33. The molecule has 2 aromatic carbocycles. The second-order valence-corrected chi connectivity index (χ2v) is 4.65. The molecule has 5 heteroatoms. The number of aliphatic hydroxyl groups is 1. The van der Waals surface area contributed by atoms with Gasteiger partial charge in [-0.15, -0.1) is 0 Å². The zero-order valence-electron chi connectivity index (χ0n) is 10.7. The molecule has 1 unspecified atom stereocenters. The fourth-order valence-electron chi connectivity index (χ4n) is 2.29. The lowest BCUT2D eigenvalue weighted by Gasteiger charge is -2.14. The van der Waals surface area contributed by atoms with Crippen LogP contribution in [0.25, 0.3) is 10.8 Å². The first-order chi connectivity index (χ1) is 10.1. The number of hydrogen-bond donors (Lipinski definition) is 1. The number of halogens is 3. The van der Waals surface area contributed by atoms with Gasteiger partial charge in [0.05, 0.1) is 0 Å². The summed E-state index contributed by atoms with van der Waals surface area (Å²) in [6, 6.07) is 8.53. The Hall–Kier alpha value is -2.40. The van der Waals surface area contributed by atoms with Gasteiger partial charge in [-0.25, -0.2) is 13.2 Å². The van der Waals surface area contributed by atoms with Crippen LogP contribution in [0.3, 0.4) is 0 Å². The predicted molar refractivity (Wildman–Crippen MR) is 72.1 cm³/mol. The monoisotopic (exact) mass is 289 g/mol. The molecule has 106 valence electrons. The molecule has 0 radical (unpaired) electrons. The molecule has 1 aromatic heterocycles. The Morgan fingerprint density at radius 1 is 1.00 bits per heavy atom. The molecule has 0 aliphatic heterocycles. The zero-order chi connectivity index (χ0) is 15.0. The van der Waals surface area contributed by atoms with Crippen molar-refractivity contribution in [1.82, 2.24) is 4.98 Å². The molecule has 2 nitrogen and oxygen atoms in total. The van der Waals surface area contributed by atoms with Crippen LogP contribution in [-0.4, -0.2) is 10.1 Å². The van der Waals surface area contributed by atoms with Crippen molar-refractivity contribution in [3.05, 3.63) is 77.4 Å². The molecule has 0 bridgehead atoms. The van der Waals surface area contributed by atoms with Gasteiger partial charge in [0, 0.05) is 17.8 Å². The topological polar surface area (TPSA) is 33.1 Å². The van der Waals surface area contributed by atoms with Gasteiger partial charge in [0.2, 0.25) is 0 Å². The highest BCUT2D eigenvalue weighted by molar-refractivity contribution is 5.85. The molecule has 0 saturated heterocycles. The van der Waals surface area contributed by atoms with Crippen molar-refractivity contribution < 1.29 is 18.3 Å². The van der Waals surface area contributed by atoms with Crippen LogP contribution in [0.15, 0.2) is 48.8 Å². The highest BCUT2D eigenvalue weighted by atomic mass is 19.2. The molecular formula is C16H10F3NO. The Bertz CT molecular complexity index is 791. The van der Waals surface area contributed by atoms with E-state index in [-0.39, 0.29) is 5.56 Å². The van der Waals surface area contributed by atoms with E-state index in [1.54, 1.807) is 30.6 Å². The number of nitrogens with zero attached hydrogens (tertiary/aromatic N) is 1. The van der Waals surface area contributed by atoms with Crippen LogP contribution >= 0.6 is 0 Å². The van der Waals surface area contributed by atoms with Crippen LogP contribution in [0.4, 0.5) is 13.2 Å². The molecule has 1 N–H and O–H groups in total. The van der Waals surface area contributed by atoms with Crippen LogP contribution in [0.5, 0.6) is 0 Å². The smallest absolute Gasteiger partial charge is 0.194 e. The first kappa shape index (κ1) is 13.6. The van der Waals surface area contributed by atoms with Crippen LogP contribution in [0.1, 0.15) is 17.2 Å². The van der Waals surface area contributed by atoms with Crippen molar-refractivity contribution in [1.29, 1.82) is 0 Å². The summed E-state index contributed by atoms with van der Waals surface area (Å²) in [5, 5.41) is 11.8. The number of rotatable bonds is 2. The number of benzene rings is 2. The van der Waals surface area contributed by atoms with Crippen LogP contribution in [0.2, 0.25) is 0 Å². The molecule has 3 aromatic rings. The summed E-state index contributed by atoms with van der Waals surface area (Å²) in [6.45, 7) is 0. The number of aromatic nitrogens is 1. The molecule has 0 fully saturated rings. The summed E-state index contributed by atoms with van der Waals surface area (Å²) >= 11 is 0. The minimum atomic E-state index is -1.55. The third-order valence-electron chi connectivity index (χ3n) is 3.33. The average molecular weight is 289 g/mol. The van der Waals surface area contributed by atoms with Crippen molar-refractivity contribution in [2.75, 3.05) is 0 Å². The lowest BCUT2D eigenvalue weighted by atomic mass is 9.97. The van der Waals surface area contributed by atoms with Gasteiger partial charge in [-0.05, 0) is 34.7 Å². The lowest BCUT2D eigenvalue weighted by molar-refractivity contribution is 0.220. The van der Waals surface area contributed by atoms with Gasteiger partial charge >= 0.3 is 0 Å². The van der Waals surface area contributed by atoms with E-state index in [1.165, 1.54) is 0 Å². The highest BCUT2D eigenvalue weighted by Gasteiger charge is 2.18. The maximum Gasteiger partial charge on any atom is 0.194 e. The van der Waals surface area contributed by atoms with E-state index in [4.69, 9.17) is 0 Å². The Kier molecular flexibility index (Phi) is 3.35. The lowest BCUT2D eigenvalue weighted by Crippen LogP contribution is -2.04. The zero-order valence-corrected chi connectivity index (χ0v) is 10.7. The summed E-state index contributed by atoms with van der Waals surface area (Å²) < 4.78 is 39.6.